The van der Waals surface area contributed by atoms with Gasteiger partial charge in [-0.3, -0.25) is 9.48 Å². The highest BCUT2D eigenvalue weighted by Gasteiger charge is 2.30. The van der Waals surface area contributed by atoms with Gasteiger partial charge >= 0.3 is 0 Å². The van der Waals surface area contributed by atoms with E-state index in [0.717, 1.165) is 32.6 Å². The maximum absolute atomic E-state index is 14.0. The maximum atomic E-state index is 14.0. The number of para-hydroxylation sites is 2. The van der Waals surface area contributed by atoms with Gasteiger partial charge in [0, 0.05) is 21.9 Å². The van der Waals surface area contributed by atoms with Crippen LogP contribution in [0.15, 0.2) is 71.3 Å². The van der Waals surface area contributed by atoms with E-state index in [0.29, 0.717) is 21.9 Å². The zero-order chi connectivity index (χ0) is 23.3. The van der Waals surface area contributed by atoms with E-state index >= 15 is 0 Å². The molecule has 1 aliphatic rings. The quantitative estimate of drug-likeness (QED) is 0.335. The van der Waals surface area contributed by atoms with Crippen molar-refractivity contribution in [3.63, 3.8) is 0 Å². The Morgan fingerprint density at radius 1 is 1.06 bits per heavy atom. The lowest BCUT2D eigenvalue weighted by Gasteiger charge is -2.24. The number of hydrogen-bond acceptors (Lipinski definition) is 5. The van der Waals surface area contributed by atoms with Crippen LogP contribution in [0.3, 0.4) is 0 Å². The first-order valence-electron chi connectivity index (χ1n) is 11.0. The number of fused-ring (bicyclic) bond motifs is 2. The molecule has 166 valence electrons. The van der Waals surface area contributed by atoms with Crippen molar-refractivity contribution in [2.75, 3.05) is 5.32 Å². The maximum Gasteiger partial charge on any atom is 0.231 e. The largest absolute Gasteiger partial charge is 0.507 e. The third-order valence-corrected chi connectivity index (χ3v) is 7.02. The molecule has 0 saturated carbocycles. The van der Waals surface area contributed by atoms with Crippen molar-refractivity contribution in [3.05, 3.63) is 88.7 Å². The predicted molar refractivity (Wildman–Crippen MR) is 135 cm³/mol. The summed E-state index contributed by atoms with van der Waals surface area (Å²) in [5.41, 5.74) is 5.07. The number of benzene rings is 3. The number of allylic oxidation sites excluding steroid dienone is 1. The van der Waals surface area contributed by atoms with E-state index in [-0.39, 0.29) is 17.6 Å². The molecule has 2 heterocycles. The van der Waals surface area contributed by atoms with Crippen LogP contribution in [0.1, 0.15) is 47.1 Å². The number of thioether (sulfide) groups is 1. The zero-order valence-corrected chi connectivity index (χ0v) is 19.8. The number of anilines is 1. The number of hydrogen-bond donors (Lipinski definition) is 2. The van der Waals surface area contributed by atoms with Crippen LogP contribution in [0.4, 0.5) is 5.69 Å². The molecule has 0 spiro atoms. The molecule has 0 radical (unpaired) electrons. The first-order valence-corrected chi connectivity index (χ1v) is 11.8. The van der Waals surface area contributed by atoms with E-state index in [1.54, 1.807) is 0 Å². The van der Waals surface area contributed by atoms with E-state index in [2.05, 4.69) is 19.2 Å². The van der Waals surface area contributed by atoms with Crippen molar-refractivity contribution in [2.45, 2.75) is 38.6 Å². The molecule has 0 fully saturated rings. The Balaban J connectivity index is 1.75. The molecule has 0 unspecified atom stereocenters. The van der Waals surface area contributed by atoms with Crippen molar-refractivity contribution in [2.24, 2.45) is 0 Å². The highest BCUT2D eigenvalue weighted by atomic mass is 32.2. The summed E-state index contributed by atoms with van der Waals surface area (Å²) in [4.78, 5) is 15.7. The molecule has 33 heavy (non-hydrogen) atoms. The molecule has 4 aromatic rings. The van der Waals surface area contributed by atoms with Gasteiger partial charge in [-0.1, -0.05) is 48.2 Å². The summed E-state index contributed by atoms with van der Waals surface area (Å²) >= 11 is 1.49. The molecular formula is C27H25N3O2S. The zero-order valence-electron chi connectivity index (χ0n) is 19.0. The standard InChI is InChI=1S/C27H25N3O2S/c1-15(2)30-21-11-7-5-9-18(21)23(29-30)26(32)24-27(19-14-16(3)13-17(4)25(19)31)33-22-12-8-6-10-20(22)28-24/h5-15,28,31H,1-4H3. The van der Waals surface area contributed by atoms with Crippen LogP contribution in [0, 0.1) is 13.8 Å². The Morgan fingerprint density at radius 2 is 1.79 bits per heavy atom. The topological polar surface area (TPSA) is 67.1 Å². The minimum Gasteiger partial charge on any atom is -0.507 e. The Labute approximate surface area is 197 Å². The number of rotatable bonds is 4. The Hall–Kier alpha value is -3.51. The van der Waals surface area contributed by atoms with Crippen molar-refractivity contribution < 1.29 is 9.90 Å². The second-order valence-corrected chi connectivity index (χ2v) is 9.69. The first-order chi connectivity index (χ1) is 15.8. The molecule has 3 aromatic carbocycles. The number of phenols is 1. The molecule has 1 aromatic heterocycles. The second-order valence-electron chi connectivity index (χ2n) is 8.64. The summed E-state index contributed by atoms with van der Waals surface area (Å²) < 4.78 is 1.89. The Bertz CT molecular complexity index is 1450. The van der Waals surface area contributed by atoms with E-state index in [4.69, 9.17) is 5.10 Å². The lowest BCUT2D eigenvalue weighted by atomic mass is 10.0. The normalized spacial score (nSPS) is 13.4. The fraction of sp³-hybridized carbons (Fsp3) is 0.185. The van der Waals surface area contributed by atoms with Crippen LogP contribution in [0.25, 0.3) is 15.8 Å². The number of carbonyl (C=O) groups is 1. The van der Waals surface area contributed by atoms with Gasteiger partial charge in [0.05, 0.1) is 16.1 Å². The summed E-state index contributed by atoms with van der Waals surface area (Å²) in [6.45, 7) is 7.97. The van der Waals surface area contributed by atoms with Gasteiger partial charge in [-0.05, 0) is 63.1 Å². The number of phenolic OH excluding ortho intramolecular Hbond substituents is 1. The third-order valence-electron chi connectivity index (χ3n) is 5.82. The molecule has 6 heteroatoms. The molecule has 0 saturated heterocycles. The number of ketones is 1. The van der Waals surface area contributed by atoms with Crippen LogP contribution < -0.4 is 5.32 Å². The summed E-state index contributed by atoms with van der Waals surface area (Å²) in [5, 5.41) is 19.8. The van der Waals surface area contributed by atoms with Gasteiger partial charge < -0.3 is 10.4 Å². The summed E-state index contributed by atoms with van der Waals surface area (Å²) in [6.07, 6.45) is 0. The molecule has 0 bridgehead atoms. The highest BCUT2D eigenvalue weighted by Crippen LogP contribution is 2.48. The lowest BCUT2D eigenvalue weighted by Crippen LogP contribution is -2.18. The van der Waals surface area contributed by atoms with E-state index in [9.17, 15) is 9.90 Å². The fourth-order valence-electron chi connectivity index (χ4n) is 4.26. The number of Topliss-reactive ketones (excluding diaryl/α,β-unsaturated/α-hetero) is 1. The van der Waals surface area contributed by atoms with Gasteiger partial charge in [-0.2, -0.15) is 5.10 Å². The molecule has 0 amide bonds. The van der Waals surface area contributed by atoms with E-state index < -0.39 is 0 Å². The van der Waals surface area contributed by atoms with Gasteiger partial charge in [-0.15, -0.1) is 0 Å². The number of nitrogens with zero attached hydrogens (tertiary/aromatic N) is 2. The molecular weight excluding hydrogens is 430 g/mol. The number of aromatic hydroxyl groups is 1. The minimum atomic E-state index is -0.193. The average Bonchev–Trinajstić information content (AvgIpc) is 3.20. The second kappa shape index (κ2) is 8.12. The van der Waals surface area contributed by atoms with Crippen LogP contribution in [-0.4, -0.2) is 20.7 Å². The fourth-order valence-corrected chi connectivity index (χ4v) is 5.37. The van der Waals surface area contributed by atoms with Crippen LogP contribution in [-0.2, 0) is 0 Å². The lowest BCUT2D eigenvalue weighted by molar-refractivity contribution is 0.103. The Kier molecular flexibility index (Phi) is 5.25. The molecule has 5 rings (SSSR count). The van der Waals surface area contributed by atoms with E-state index in [1.165, 1.54) is 11.8 Å². The third kappa shape index (κ3) is 3.60. The molecule has 0 aliphatic carbocycles. The summed E-state index contributed by atoms with van der Waals surface area (Å²) in [7, 11) is 0. The average molecular weight is 456 g/mol. The molecule has 0 atom stereocenters. The minimum absolute atomic E-state index is 0.114. The van der Waals surface area contributed by atoms with Crippen LogP contribution >= 0.6 is 11.8 Å². The highest BCUT2D eigenvalue weighted by molar-refractivity contribution is 8.08. The molecule has 2 N–H and O–H groups in total. The van der Waals surface area contributed by atoms with Crippen LogP contribution in [0.2, 0.25) is 0 Å². The predicted octanol–water partition coefficient (Wildman–Crippen LogP) is 6.71. The molecule has 5 nitrogen and oxygen atoms in total. The Morgan fingerprint density at radius 3 is 2.58 bits per heavy atom. The van der Waals surface area contributed by atoms with Gasteiger partial charge in [0.2, 0.25) is 5.78 Å². The monoisotopic (exact) mass is 455 g/mol. The van der Waals surface area contributed by atoms with Crippen molar-refractivity contribution >= 4 is 39.0 Å². The van der Waals surface area contributed by atoms with Crippen molar-refractivity contribution in [1.82, 2.24) is 9.78 Å². The van der Waals surface area contributed by atoms with E-state index in [1.807, 2.05) is 79.2 Å². The molecule has 1 aliphatic heterocycles. The van der Waals surface area contributed by atoms with Gasteiger partial charge in [0.25, 0.3) is 0 Å². The number of nitrogens with one attached hydrogen (secondary N) is 1. The smallest absolute Gasteiger partial charge is 0.231 e. The van der Waals surface area contributed by atoms with Gasteiger partial charge in [0.15, 0.2) is 0 Å². The van der Waals surface area contributed by atoms with Crippen LogP contribution in [0.5, 0.6) is 5.75 Å². The van der Waals surface area contributed by atoms with Crippen molar-refractivity contribution in [3.8, 4) is 5.75 Å². The number of aryl methyl sites for hydroxylation is 2. The number of aromatic nitrogens is 2. The van der Waals surface area contributed by atoms with Gasteiger partial charge in [-0.25, -0.2) is 0 Å². The first kappa shape index (κ1) is 21.3. The number of carbonyl (C=O) groups excluding carboxylic acids is 1. The SMILES string of the molecule is Cc1cc(C)c(O)c(C2=C(C(=O)c3nn(C(C)C)c4ccccc34)Nc3ccccc3S2)c1. The van der Waals surface area contributed by atoms with Crippen molar-refractivity contribution in [1.29, 1.82) is 0 Å². The van der Waals surface area contributed by atoms with Gasteiger partial charge in [0.1, 0.15) is 17.1 Å². The summed E-state index contributed by atoms with van der Waals surface area (Å²) in [6, 6.07) is 19.7. The summed E-state index contributed by atoms with van der Waals surface area (Å²) in [5.74, 6) is -0.00619.